The number of hydrogen-bond donors (Lipinski definition) is 4. The van der Waals surface area contributed by atoms with E-state index in [0.717, 1.165) is 77.0 Å². The van der Waals surface area contributed by atoms with E-state index in [1.54, 1.807) is 0 Å². The molecule has 0 saturated carbocycles. The van der Waals surface area contributed by atoms with Gasteiger partial charge in [0.15, 0.2) is 12.4 Å². The summed E-state index contributed by atoms with van der Waals surface area (Å²) in [6, 6.07) is 0. The molecule has 0 amide bonds. The normalized spacial score (nSPS) is 20.7. The molecule has 0 radical (unpaired) electrons. The van der Waals surface area contributed by atoms with Gasteiger partial charge in [-0.1, -0.05) is 140 Å². The summed E-state index contributed by atoms with van der Waals surface area (Å²) in [6.45, 7) is 3.71. The molecule has 0 spiro atoms. The number of esters is 2. The number of ether oxygens (including phenoxy) is 4. The number of carbonyl (C=O) groups is 2. The van der Waals surface area contributed by atoms with E-state index in [1.165, 1.54) is 64.2 Å². The van der Waals surface area contributed by atoms with Crippen LogP contribution in [-0.4, -0.2) is 96.0 Å². The first-order valence-corrected chi connectivity index (χ1v) is 24.2. The predicted octanol–water partition coefficient (Wildman–Crippen LogP) is 9.00. The zero-order valence-electron chi connectivity index (χ0n) is 35.9. The van der Waals surface area contributed by atoms with Gasteiger partial charge in [0.2, 0.25) is 0 Å². The summed E-state index contributed by atoms with van der Waals surface area (Å²) in [5.74, 6) is -2.01. The van der Waals surface area contributed by atoms with E-state index in [9.17, 15) is 37.9 Å². The summed E-state index contributed by atoms with van der Waals surface area (Å²) in [7, 11) is -4.60. The van der Waals surface area contributed by atoms with Crippen LogP contribution in [0.2, 0.25) is 0 Å². The Balaban J connectivity index is 2.47. The molecular formula is C45H80O12S. The van der Waals surface area contributed by atoms with Crippen molar-refractivity contribution in [1.29, 1.82) is 0 Å². The minimum absolute atomic E-state index is 0.145. The molecule has 1 aliphatic rings. The average Bonchev–Trinajstić information content (AvgIpc) is 3.18. The van der Waals surface area contributed by atoms with Gasteiger partial charge in [-0.05, 0) is 64.2 Å². The Kier molecular flexibility index (Phi) is 33.1. The summed E-state index contributed by atoms with van der Waals surface area (Å²) in [4.78, 5) is 25.4. The van der Waals surface area contributed by atoms with Crippen LogP contribution in [0.3, 0.4) is 0 Å². The van der Waals surface area contributed by atoms with Crippen LogP contribution in [-0.2, 0) is 38.7 Å². The average molecular weight is 845 g/mol. The molecule has 12 nitrogen and oxygen atoms in total. The van der Waals surface area contributed by atoms with Gasteiger partial charge in [0, 0.05) is 12.8 Å². The Morgan fingerprint density at radius 2 is 1.03 bits per heavy atom. The number of hydrogen-bond acceptors (Lipinski definition) is 11. The molecule has 13 heteroatoms. The molecule has 338 valence electrons. The van der Waals surface area contributed by atoms with Crippen molar-refractivity contribution in [1.82, 2.24) is 0 Å². The first-order chi connectivity index (χ1) is 28.0. The molecule has 58 heavy (non-hydrogen) atoms. The molecule has 1 rings (SSSR count). The highest BCUT2D eigenvalue weighted by atomic mass is 32.2. The second-order valence-electron chi connectivity index (χ2n) is 15.7. The number of aliphatic hydroxyl groups is 3. The van der Waals surface area contributed by atoms with Crippen LogP contribution in [0.5, 0.6) is 0 Å². The maximum atomic E-state index is 12.8. The highest BCUT2D eigenvalue weighted by molar-refractivity contribution is 7.85. The smallest absolute Gasteiger partial charge is 0.306 e. The van der Waals surface area contributed by atoms with E-state index >= 15 is 0 Å². The predicted molar refractivity (Wildman–Crippen MR) is 229 cm³/mol. The van der Waals surface area contributed by atoms with Crippen LogP contribution in [0.4, 0.5) is 0 Å². The molecule has 0 aromatic heterocycles. The van der Waals surface area contributed by atoms with E-state index < -0.39 is 71.2 Å². The maximum Gasteiger partial charge on any atom is 0.306 e. The quantitative estimate of drug-likeness (QED) is 0.0153. The number of aliphatic hydroxyl groups excluding tert-OH is 3. The first-order valence-electron chi connectivity index (χ1n) is 22.6. The van der Waals surface area contributed by atoms with Crippen molar-refractivity contribution in [3.63, 3.8) is 0 Å². The summed E-state index contributed by atoms with van der Waals surface area (Å²) >= 11 is 0. The van der Waals surface area contributed by atoms with Gasteiger partial charge in [0.25, 0.3) is 10.1 Å². The molecule has 0 aliphatic carbocycles. The monoisotopic (exact) mass is 845 g/mol. The third-order valence-electron chi connectivity index (χ3n) is 10.2. The molecule has 1 heterocycles. The van der Waals surface area contributed by atoms with Crippen LogP contribution >= 0.6 is 0 Å². The second-order valence-corrected chi connectivity index (χ2v) is 17.2. The van der Waals surface area contributed by atoms with Gasteiger partial charge in [0.1, 0.15) is 36.8 Å². The topological polar surface area (TPSA) is 186 Å². The van der Waals surface area contributed by atoms with Crippen molar-refractivity contribution < 1.29 is 56.8 Å². The van der Waals surface area contributed by atoms with Crippen molar-refractivity contribution in [2.45, 2.75) is 218 Å². The summed E-state index contributed by atoms with van der Waals surface area (Å²) in [5.41, 5.74) is 0. The lowest BCUT2D eigenvalue weighted by molar-refractivity contribution is -0.297. The van der Waals surface area contributed by atoms with Crippen molar-refractivity contribution >= 4 is 22.1 Å². The summed E-state index contributed by atoms with van der Waals surface area (Å²) in [6.07, 6.45) is 30.4. The van der Waals surface area contributed by atoms with Gasteiger partial charge in [0.05, 0.1) is 6.61 Å². The first kappa shape index (κ1) is 53.9. The van der Waals surface area contributed by atoms with Crippen LogP contribution < -0.4 is 0 Å². The van der Waals surface area contributed by atoms with E-state index in [2.05, 4.69) is 50.3 Å². The number of allylic oxidation sites excluding steroid dienone is 6. The number of rotatable bonds is 37. The van der Waals surface area contributed by atoms with Crippen LogP contribution in [0.15, 0.2) is 36.5 Å². The van der Waals surface area contributed by atoms with E-state index in [-0.39, 0.29) is 19.4 Å². The SMILES string of the molecule is CCCCCC/C=C/C=C/CCCCCCCC(=O)O[C@H](COC(=O)CCCCCCC/C=C/CCCCCCCC)CO[C@H]1O[C@H](CS(=O)(=O)O)[C@@H](O)C(O)C1O. The highest BCUT2D eigenvalue weighted by Crippen LogP contribution is 2.24. The Morgan fingerprint density at radius 1 is 0.586 bits per heavy atom. The van der Waals surface area contributed by atoms with E-state index in [0.29, 0.717) is 12.8 Å². The third-order valence-corrected chi connectivity index (χ3v) is 11.0. The second kappa shape index (κ2) is 35.6. The summed E-state index contributed by atoms with van der Waals surface area (Å²) in [5, 5.41) is 30.9. The fourth-order valence-electron chi connectivity index (χ4n) is 6.66. The van der Waals surface area contributed by atoms with E-state index in [4.69, 9.17) is 18.9 Å². The van der Waals surface area contributed by atoms with Gasteiger partial charge < -0.3 is 34.3 Å². The molecule has 1 fully saturated rings. The molecular weight excluding hydrogens is 765 g/mol. The Bertz CT molecular complexity index is 1220. The highest BCUT2D eigenvalue weighted by Gasteiger charge is 2.46. The van der Waals surface area contributed by atoms with Gasteiger partial charge in [-0.15, -0.1) is 0 Å². The zero-order chi connectivity index (χ0) is 42.7. The fourth-order valence-corrected chi connectivity index (χ4v) is 7.35. The molecule has 1 aliphatic heterocycles. The molecule has 4 N–H and O–H groups in total. The lowest BCUT2D eigenvalue weighted by Gasteiger charge is -2.40. The van der Waals surface area contributed by atoms with Crippen molar-refractivity contribution in [2.24, 2.45) is 0 Å². The lowest BCUT2D eigenvalue weighted by Crippen LogP contribution is -2.60. The van der Waals surface area contributed by atoms with E-state index in [1.807, 2.05) is 0 Å². The minimum atomic E-state index is -4.60. The van der Waals surface area contributed by atoms with Crippen LogP contribution in [0.1, 0.15) is 181 Å². The minimum Gasteiger partial charge on any atom is -0.462 e. The van der Waals surface area contributed by atoms with Crippen molar-refractivity contribution in [2.75, 3.05) is 19.0 Å². The number of carbonyl (C=O) groups excluding carboxylic acids is 2. The lowest BCUT2D eigenvalue weighted by atomic mass is 10.00. The van der Waals surface area contributed by atoms with Gasteiger partial charge in [-0.2, -0.15) is 8.42 Å². The summed E-state index contributed by atoms with van der Waals surface area (Å²) < 4.78 is 54.0. The van der Waals surface area contributed by atoms with Gasteiger partial charge in [-0.3, -0.25) is 14.1 Å². The van der Waals surface area contributed by atoms with Gasteiger partial charge >= 0.3 is 11.9 Å². The molecule has 0 aromatic carbocycles. The third kappa shape index (κ3) is 30.0. The van der Waals surface area contributed by atoms with Gasteiger partial charge in [-0.25, -0.2) is 0 Å². The molecule has 2 unspecified atom stereocenters. The largest absolute Gasteiger partial charge is 0.462 e. The Hall–Kier alpha value is -2.13. The molecule has 1 saturated heterocycles. The Labute approximate surface area is 351 Å². The van der Waals surface area contributed by atoms with Crippen LogP contribution in [0, 0.1) is 0 Å². The standard InChI is InChI=1S/C45H80O12S/c1-3-5-7-9-11-13-15-17-19-21-23-25-27-29-31-33-40(46)54-35-38(36-55-45-44(50)43(49)42(48)39(57-45)37-58(51,52)53)56-41(47)34-32-30-28-26-24-22-20-18-16-14-12-10-8-6-4-2/h14,16-20,38-39,42-45,48-50H,3-13,15,21-37H2,1-2H3,(H,51,52,53)/b16-14+,19-17+,20-18+/t38-,39-,42-,43?,44?,45+/m1/s1. The number of unbranched alkanes of at least 4 members (excludes halogenated alkanes) is 20. The molecule has 0 bridgehead atoms. The zero-order valence-corrected chi connectivity index (χ0v) is 36.7. The maximum absolute atomic E-state index is 12.8. The fraction of sp³-hybridized carbons (Fsp3) is 0.822. The molecule has 6 atom stereocenters. The molecule has 0 aromatic rings. The Morgan fingerprint density at radius 3 is 1.55 bits per heavy atom. The van der Waals surface area contributed by atoms with Crippen LogP contribution in [0.25, 0.3) is 0 Å². The van der Waals surface area contributed by atoms with Crippen molar-refractivity contribution in [3.05, 3.63) is 36.5 Å². The van der Waals surface area contributed by atoms with Crippen molar-refractivity contribution in [3.8, 4) is 0 Å².